The van der Waals surface area contributed by atoms with E-state index in [1.165, 1.54) is 0 Å². The first-order chi connectivity index (χ1) is 32.4. The maximum Gasteiger partial charge on any atom is 0.404 e. The van der Waals surface area contributed by atoms with Gasteiger partial charge in [0.1, 0.15) is 46.1 Å². The summed E-state index contributed by atoms with van der Waals surface area (Å²) >= 11 is 1.56. The van der Waals surface area contributed by atoms with E-state index in [4.69, 9.17) is 25.7 Å². The molecule has 0 radical (unpaired) electrons. The second-order valence-corrected chi connectivity index (χ2v) is 21.5. The third kappa shape index (κ3) is 12.2. The molecule has 0 unspecified atom stereocenters. The summed E-state index contributed by atoms with van der Waals surface area (Å²) in [6.45, 7) is 3.18. The summed E-state index contributed by atoms with van der Waals surface area (Å²) in [5, 5.41) is 23.4. The highest BCUT2D eigenvalue weighted by atomic mass is 32.2. The SMILES string of the molecule is CC(C)(C)OC(=O)c1nc([C@H](NS(=O)(=O)CCNS(=O)(=O)c2ccc([N+](=O)[O-])cc2[N+](=O)[O-])C(=O)N[C@@H]2C(=O)N3C(C(=O)OC(c4ccccc4)c4ccccc4)=C(COC(N)=O)CS[C@H]23)c(N)s1. The fourth-order valence-electron chi connectivity index (χ4n) is 6.73. The summed E-state index contributed by atoms with van der Waals surface area (Å²) < 4.78 is 73.8. The standard InChI is InChI=1S/C40H41N9O16S4/c1-40(2,3)65-38(53)34-45-27(32(41)67-34)28(46-68(59,60)17-16-43-69(61,62)26-15-14-24(48(55)56)18-25(26)49(57)58)33(50)44-29-35(51)47-30(23(19-63-39(42)54)20-66-36(29)47)37(52)64-31(21-10-6-4-7-11-21)22-12-8-5-9-13-22/h4-15,18,28-29,31,36,43,46H,16-17,19-20,41H2,1-3H3,(H2,42,54)(H,44,50)/t28-,29+,36+/m0/s1. The van der Waals surface area contributed by atoms with Crippen molar-refractivity contribution in [2.45, 2.75) is 54.8 Å². The summed E-state index contributed by atoms with van der Waals surface area (Å²) in [7, 11) is -9.72. The molecule has 3 atom stereocenters. The van der Waals surface area contributed by atoms with Gasteiger partial charge in [0.25, 0.3) is 17.3 Å². The van der Waals surface area contributed by atoms with Crippen molar-refractivity contribution in [3.8, 4) is 0 Å². The summed E-state index contributed by atoms with van der Waals surface area (Å²) in [5.74, 6) is -5.35. The van der Waals surface area contributed by atoms with Gasteiger partial charge in [-0.2, -0.15) is 4.72 Å². The van der Waals surface area contributed by atoms with E-state index in [-0.39, 0.29) is 22.0 Å². The summed E-state index contributed by atoms with van der Waals surface area (Å²) in [5.41, 5.74) is 8.89. The zero-order valence-corrected chi connectivity index (χ0v) is 39.5. The average molecular weight is 1030 g/mol. The molecule has 69 heavy (non-hydrogen) atoms. The van der Waals surface area contributed by atoms with Crippen molar-refractivity contribution >= 4 is 89.4 Å². The van der Waals surface area contributed by atoms with E-state index >= 15 is 0 Å². The van der Waals surface area contributed by atoms with Crippen molar-refractivity contribution < 1.29 is 64.9 Å². The number of fused-ring (bicyclic) bond motifs is 1. The average Bonchev–Trinajstić information content (AvgIpc) is 3.68. The number of nitrogens with two attached hydrogens (primary N) is 2. The number of non-ortho nitro benzene ring substituents is 1. The van der Waals surface area contributed by atoms with Gasteiger partial charge in [0.15, 0.2) is 11.0 Å². The third-order valence-electron chi connectivity index (χ3n) is 9.75. The predicted molar refractivity (Wildman–Crippen MR) is 245 cm³/mol. The highest BCUT2D eigenvalue weighted by Crippen LogP contribution is 2.42. The van der Waals surface area contributed by atoms with E-state index in [1.807, 2.05) is 4.72 Å². The fraction of sp³-hybridized carbons (Fsp3) is 0.300. The minimum atomic E-state index is -4.89. The van der Waals surface area contributed by atoms with E-state index in [9.17, 15) is 61.0 Å². The Bertz CT molecular complexity index is 2930. The number of β-lactam (4-membered cyclic amide) rings is 1. The molecule has 29 heteroatoms. The molecule has 366 valence electrons. The van der Waals surface area contributed by atoms with Gasteiger partial charge in [-0.05, 0) is 38.0 Å². The van der Waals surface area contributed by atoms with Crippen LogP contribution in [0.2, 0.25) is 0 Å². The molecule has 7 N–H and O–H groups in total. The number of nitrogens with zero attached hydrogens (tertiary/aromatic N) is 4. The highest BCUT2D eigenvalue weighted by Gasteiger charge is 2.55. The number of sulfonamides is 2. The number of thioether (sulfide) groups is 1. The molecular formula is C40H41N9O16S4. The van der Waals surface area contributed by atoms with Crippen molar-refractivity contribution in [2.24, 2.45) is 5.73 Å². The lowest BCUT2D eigenvalue weighted by atomic mass is 10.0. The van der Waals surface area contributed by atoms with Crippen molar-refractivity contribution in [3.05, 3.63) is 132 Å². The van der Waals surface area contributed by atoms with Crippen LogP contribution < -0.4 is 26.2 Å². The zero-order chi connectivity index (χ0) is 50.6. The Hall–Kier alpha value is -7.05. The van der Waals surface area contributed by atoms with Crippen LogP contribution >= 0.6 is 23.1 Å². The largest absolute Gasteiger partial charge is 0.455 e. The van der Waals surface area contributed by atoms with Gasteiger partial charge in [0.2, 0.25) is 31.0 Å². The number of aromatic nitrogens is 1. The molecule has 0 saturated carbocycles. The first-order valence-corrected chi connectivity index (χ1v) is 25.0. The van der Waals surface area contributed by atoms with Crippen LogP contribution in [0.4, 0.5) is 21.2 Å². The maximum atomic E-state index is 14.3. The van der Waals surface area contributed by atoms with E-state index in [0.29, 0.717) is 40.7 Å². The topological polar surface area (TPSA) is 372 Å². The molecule has 2 aliphatic rings. The Balaban J connectivity index is 1.26. The van der Waals surface area contributed by atoms with Crippen LogP contribution in [0.3, 0.4) is 0 Å². The Kier molecular flexibility index (Phi) is 15.4. The first-order valence-electron chi connectivity index (χ1n) is 20.0. The third-order valence-corrected chi connectivity index (χ3v) is 14.8. The van der Waals surface area contributed by atoms with Gasteiger partial charge in [-0.15, -0.1) is 11.8 Å². The number of benzene rings is 3. The number of hydrogen-bond acceptors (Lipinski definition) is 20. The van der Waals surface area contributed by atoms with E-state index in [2.05, 4.69) is 15.0 Å². The number of esters is 2. The molecule has 2 aliphatic heterocycles. The van der Waals surface area contributed by atoms with Gasteiger partial charge >= 0.3 is 18.0 Å². The zero-order valence-electron chi connectivity index (χ0n) is 36.3. The van der Waals surface area contributed by atoms with Gasteiger partial charge in [-0.3, -0.25) is 34.7 Å². The second-order valence-electron chi connectivity index (χ2n) is 15.8. The lowest BCUT2D eigenvalue weighted by molar-refractivity contribution is -0.396. The smallest absolute Gasteiger partial charge is 0.404 e. The Morgan fingerprint density at radius 3 is 2.13 bits per heavy atom. The monoisotopic (exact) mass is 1030 g/mol. The normalized spacial score (nSPS) is 16.5. The predicted octanol–water partition coefficient (Wildman–Crippen LogP) is 2.52. The molecule has 0 aliphatic carbocycles. The maximum absolute atomic E-state index is 14.3. The van der Waals surface area contributed by atoms with Crippen LogP contribution in [0.15, 0.2) is 95.0 Å². The Morgan fingerprint density at radius 1 is 0.942 bits per heavy atom. The molecule has 1 fully saturated rings. The van der Waals surface area contributed by atoms with Gasteiger partial charge in [0.05, 0.1) is 21.7 Å². The number of carbonyl (C=O) groups excluding carboxylic acids is 5. The summed E-state index contributed by atoms with van der Waals surface area (Å²) in [4.78, 5) is 92.0. The molecule has 0 bridgehead atoms. The molecule has 3 aromatic carbocycles. The highest BCUT2D eigenvalue weighted by molar-refractivity contribution is 8.00. The summed E-state index contributed by atoms with van der Waals surface area (Å²) in [6, 6.07) is 15.4. The van der Waals surface area contributed by atoms with Gasteiger partial charge in [-0.25, -0.2) is 40.9 Å². The van der Waals surface area contributed by atoms with Crippen LogP contribution in [-0.4, -0.2) is 108 Å². The molecule has 3 amide bonds. The molecule has 0 spiro atoms. The second kappa shape index (κ2) is 20.7. The molecule has 4 aromatic rings. The Labute approximate surface area is 400 Å². The number of nitro groups is 2. The Morgan fingerprint density at radius 2 is 1.57 bits per heavy atom. The number of hydrogen-bond donors (Lipinski definition) is 5. The number of carbonyl (C=O) groups is 5. The van der Waals surface area contributed by atoms with Crippen LogP contribution in [0, 0.1) is 20.2 Å². The van der Waals surface area contributed by atoms with Crippen LogP contribution in [0.5, 0.6) is 0 Å². The van der Waals surface area contributed by atoms with Gasteiger partial charge < -0.3 is 31.0 Å². The van der Waals surface area contributed by atoms with E-state index in [0.717, 1.165) is 16.7 Å². The van der Waals surface area contributed by atoms with Crippen molar-refractivity contribution in [1.29, 1.82) is 0 Å². The van der Waals surface area contributed by atoms with Crippen molar-refractivity contribution in [3.63, 3.8) is 0 Å². The van der Waals surface area contributed by atoms with Crippen LogP contribution in [-0.2, 0) is 48.6 Å². The number of amides is 3. The molecular weight excluding hydrogens is 991 g/mol. The molecule has 25 nitrogen and oxygen atoms in total. The van der Waals surface area contributed by atoms with Gasteiger partial charge in [-0.1, -0.05) is 72.0 Å². The number of nitrogen functional groups attached to an aromatic ring is 1. The van der Waals surface area contributed by atoms with Crippen molar-refractivity contribution in [2.75, 3.05) is 30.4 Å². The van der Waals surface area contributed by atoms with Crippen LogP contribution in [0.1, 0.15) is 59.5 Å². The number of rotatable bonds is 19. The summed E-state index contributed by atoms with van der Waals surface area (Å²) in [6.07, 6.45) is -2.16. The number of anilines is 1. The molecule has 1 saturated heterocycles. The van der Waals surface area contributed by atoms with Gasteiger partial charge in [0, 0.05) is 23.9 Å². The number of nitro benzene ring substituents is 2. The number of nitrogens with one attached hydrogen (secondary N) is 3. The first kappa shape index (κ1) is 51.3. The van der Waals surface area contributed by atoms with E-state index in [1.54, 1.807) is 81.4 Å². The lowest BCUT2D eigenvalue weighted by Crippen LogP contribution is -2.71. The molecule has 3 heterocycles. The number of primary amides is 1. The fourth-order valence-corrected chi connectivity index (χ4v) is 11.2. The van der Waals surface area contributed by atoms with E-state index < -0.39 is 135 Å². The minimum absolute atomic E-state index is 0.0624. The lowest BCUT2D eigenvalue weighted by Gasteiger charge is -2.50. The molecule has 6 rings (SSSR count). The molecule has 1 aromatic heterocycles. The van der Waals surface area contributed by atoms with Crippen LogP contribution in [0.25, 0.3) is 0 Å². The van der Waals surface area contributed by atoms with Crippen molar-refractivity contribution in [1.82, 2.24) is 24.6 Å². The number of ether oxygens (including phenoxy) is 3. The minimum Gasteiger partial charge on any atom is -0.455 e. The number of thiazole rings is 1. The quantitative estimate of drug-likeness (QED) is 0.0296.